The highest BCUT2D eigenvalue weighted by Crippen LogP contribution is 2.33. The van der Waals surface area contributed by atoms with Crippen LogP contribution in [-0.2, 0) is 4.79 Å². The summed E-state index contributed by atoms with van der Waals surface area (Å²) in [4.78, 5) is 12.2. The third-order valence-corrected chi connectivity index (χ3v) is 4.93. The molecule has 0 radical (unpaired) electrons. The van der Waals surface area contributed by atoms with Crippen molar-refractivity contribution in [1.82, 2.24) is 10.6 Å². The molecule has 3 atom stereocenters. The van der Waals surface area contributed by atoms with Gasteiger partial charge in [-0.15, -0.1) is 12.4 Å². The Balaban J connectivity index is 0.00000192. The Morgan fingerprint density at radius 3 is 2.87 bits per heavy atom. The molecule has 0 bridgehead atoms. The standard InChI is InChI=1S/C18H26N2O2.ClH/c1-13-6-2-5-9-17(13)22-11-10-19-18(21)16-12-14-7-3-4-8-15(14)20-16;/h2,5-6,9,14-16,20H,3-4,7-8,10-12H2,1H3,(H,19,21);1H. The molecule has 4 nitrogen and oxygen atoms in total. The van der Waals surface area contributed by atoms with Gasteiger partial charge in [0.1, 0.15) is 12.4 Å². The van der Waals surface area contributed by atoms with E-state index in [1.54, 1.807) is 0 Å². The first-order valence-electron chi connectivity index (χ1n) is 8.46. The molecule has 1 aromatic carbocycles. The van der Waals surface area contributed by atoms with Crippen LogP contribution in [0.1, 0.15) is 37.7 Å². The van der Waals surface area contributed by atoms with Crippen molar-refractivity contribution < 1.29 is 9.53 Å². The Kier molecular flexibility index (Phi) is 6.72. The normalized spacial score (nSPS) is 26.0. The number of halogens is 1. The second-order valence-corrected chi connectivity index (χ2v) is 6.51. The molecule has 1 aliphatic heterocycles. The lowest BCUT2D eigenvalue weighted by Gasteiger charge is -2.24. The number of amides is 1. The summed E-state index contributed by atoms with van der Waals surface area (Å²) in [6, 6.07) is 8.50. The van der Waals surface area contributed by atoms with Crippen LogP contribution in [0.15, 0.2) is 24.3 Å². The first kappa shape index (κ1) is 18.1. The molecule has 2 fully saturated rings. The van der Waals surface area contributed by atoms with Crippen molar-refractivity contribution in [3.63, 3.8) is 0 Å². The maximum Gasteiger partial charge on any atom is 0.237 e. The van der Waals surface area contributed by atoms with E-state index in [0.29, 0.717) is 25.1 Å². The van der Waals surface area contributed by atoms with Gasteiger partial charge in [-0.2, -0.15) is 0 Å². The Bertz CT molecular complexity index is 509. The minimum absolute atomic E-state index is 0. The van der Waals surface area contributed by atoms with E-state index in [0.717, 1.165) is 17.7 Å². The zero-order chi connectivity index (χ0) is 15.4. The highest BCUT2D eigenvalue weighted by molar-refractivity contribution is 5.85. The third kappa shape index (κ3) is 4.61. The Morgan fingerprint density at radius 1 is 1.30 bits per heavy atom. The van der Waals surface area contributed by atoms with Crippen LogP contribution >= 0.6 is 12.4 Å². The molecule has 5 heteroatoms. The molecule has 2 N–H and O–H groups in total. The van der Waals surface area contributed by atoms with E-state index < -0.39 is 0 Å². The van der Waals surface area contributed by atoms with Crippen LogP contribution in [0.25, 0.3) is 0 Å². The van der Waals surface area contributed by atoms with Crippen LogP contribution in [-0.4, -0.2) is 31.1 Å². The zero-order valence-electron chi connectivity index (χ0n) is 13.7. The first-order valence-corrected chi connectivity index (χ1v) is 8.46. The van der Waals surface area contributed by atoms with Gasteiger partial charge in [-0.25, -0.2) is 0 Å². The average Bonchev–Trinajstić information content (AvgIpc) is 2.97. The van der Waals surface area contributed by atoms with Crippen LogP contribution in [0, 0.1) is 12.8 Å². The summed E-state index contributed by atoms with van der Waals surface area (Å²) in [7, 11) is 0. The number of hydrogen-bond donors (Lipinski definition) is 2. The molecule has 23 heavy (non-hydrogen) atoms. The molecular weight excluding hydrogens is 312 g/mol. The van der Waals surface area contributed by atoms with Crippen molar-refractivity contribution in [2.24, 2.45) is 5.92 Å². The number of hydrogen-bond acceptors (Lipinski definition) is 3. The number of fused-ring (bicyclic) bond motifs is 1. The van der Waals surface area contributed by atoms with E-state index in [1.807, 2.05) is 31.2 Å². The van der Waals surface area contributed by atoms with Gasteiger partial charge >= 0.3 is 0 Å². The van der Waals surface area contributed by atoms with Crippen LogP contribution in [0.4, 0.5) is 0 Å². The lowest BCUT2D eigenvalue weighted by molar-refractivity contribution is -0.123. The lowest BCUT2D eigenvalue weighted by Crippen LogP contribution is -2.44. The van der Waals surface area contributed by atoms with Gasteiger partial charge in [-0.3, -0.25) is 4.79 Å². The molecular formula is C18H27ClN2O2. The molecule has 1 amide bonds. The molecule has 128 valence electrons. The van der Waals surface area contributed by atoms with Gasteiger partial charge in [-0.1, -0.05) is 31.0 Å². The average molecular weight is 339 g/mol. The topological polar surface area (TPSA) is 50.4 Å². The molecule has 3 unspecified atom stereocenters. The van der Waals surface area contributed by atoms with E-state index in [1.165, 1.54) is 25.7 Å². The maximum atomic E-state index is 12.2. The highest BCUT2D eigenvalue weighted by atomic mass is 35.5. The van der Waals surface area contributed by atoms with Gasteiger partial charge in [0, 0.05) is 6.04 Å². The van der Waals surface area contributed by atoms with Crippen molar-refractivity contribution in [3.8, 4) is 5.75 Å². The quantitative estimate of drug-likeness (QED) is 0.812. The maximum absolute atomic E-state index is 12.2. The van der Waals surface area contributed by atoms with Gasteiger partial charge < -0.3 is 15.4 Å². The summed E-state index contributed by atoms with van der Waals surface area (Å²) in [6.07, 6.45) is 6.12. The molecule has 2 aliphatic rings. The van der Waals surface area contributed by atoms with Gasteiger partial charge in [0.2, 0.25) is 5.91 Å². The van der Waals surface area contributed by atoms with Gasteiger partial charge in [0.15, 0.2) is 0 Å². The summed E-state index contributed by atoms with van der Waals surface area (Å²) in [5, 5.41) is 6.51. The van der Waals surface area contributed by atoms with E-state index in [9.17, 15) is 4.79 Å². The summed E-state index contributed by atoms with van der Waals surface area (Å²) < 4.78 is 5.71. The fourth-order valence-electron chi connectivity index (χ4n) is 3.70. The molecule has 1 aliphatic carbocycles. The predicted octanol–water partition coefficient (Wildman–Crippen LogP) is 2.83. The number of carbonyl (C=O) groups is 1. The fourth-order valence-corrected chi connectivity index (χ4v) is 3.70. The van der Waals surface area contributed by atoms with Crippen LogP contribution in [0.5, 0.6) is 5.75 Å². The van der Waals surface area contributed by atoms with Crippen LogP contribution in [0.2, 0.25) is 0 Å². The molecule has 1 saturated carbocycles. The Morgan fingerprint density at radius 2 is 2.09 bits per heavy atom. The van der Waals surface area contributed by atoms with E-state index in [-0.39, 0.29) is 24.4 Å². The minimum Gasteiger partial charge on any atom is -0.491 e. The Labute approximate surface area is 144 Å². The third-order valence-electron chi connectivity index (χ3n) is 4.93. The van der Waals surface area contributed by atoms with Crippen molar-refractivity contribution in [2.75, 3.05) is 13.2 Å². The van der Waals surface area contributed by atoms with Gasteiger partial charge in [0.25, 0.3) is 0 Å². The summed E-state index contributed by atoms with van der Waals surface area (Å²) >= 11 is 0. The fraction of sp³-hybridized carbons (Fsp3) is 0.611. The summed E-state index contributed by atoms with van der Waals surface area (Å²) in [6.45, 7) is 3.09. The predicted molar refractivity (Wildman–Crippen MR) is 94.2 cm³/mol. The number of rotatable bonds is 5. The van der Waals surface area contributed by atoms with Gasteiger partial charge in [-0.05, 0) is 43.7 Å². The first-order chi connectivity index (χ1) is 10.7. The Hall–Kier alpha value is -1.26. The number of ether oxygens (including phenoxy) is 1. The van der Waals surface area contributed by atoms with Crippen LogP contribution < -0.4 is 15.4 Å². The number of para-hydroxylation sites is 1. The molecule has 3 rings (SSSR count). The van der Waals surface area contributed by atoms with Gasteiger partial charge in [0.05, 0.1) is 12.6 Å². The monoisotopic (exact) mass is 338 g/mol. The van der Waals surface area contributed by atoms with Crippen molar-refractivity contribution in [2.45, 2.75) is 51.1 Å². The SMILES string of the molecule is Cc1ccccc1OCCNC(=O)C1CC2CCCCC2N1.Cl. The number of nitrogens with one attached hydrogen (secondary N) is 2. The van der Waals surface area contributed by atoms with Crippen molar-refractivity contribution in [1.29, 1.82) is 0 Å². The lowest BCUT2D eigenvalue weighted by atomic mass is 9.85. The number of aryl methyl sites for hydroxylation is 1. The molecule has 1 heterocycles. The second kappa shape index (κ2) is 8.55. The minimum atomic E-state index is -0.00781. The number of carbonyl (C=O) groups excluding carboxylic acids is 1. The molecule has 0 spiro atoms. The number of benzene rings is 1. The highest BCUT2D eigenvalue weighted by Gasteiger charge is 2.37. The molecule has 1 aromatic rings. The smallest absolute Gasteiger partial charge is 0.237 e. The summed E-state index contributed by atoms with van der Waals surface area (Å²) in [5.41, 5.74) is 1.12. The molecule has 0 aromatic heterocycles. The van der Waals surface area contributed by atoms with E-state index >= 15 is 0 Å². The van der Waals surface area contributed by atoms with Crippen molar-refractivity contribution in [3.05, 3.63) is 29.8 Å². The van der Waals surface area contributed by atoms with E-state index in [4.69, 9.17) is 4.74 Å². The summed E-state index contributed by atoms with van der Waals surface area (Å²) in [5.74, 6) is 1.72. The van der Waals surface area contributed by atoms with Crippen molar-refractivity contribution >= 4 is 18.3 Å². The largest absolute Gasteiger partial charge is 0.491 e. The second-order valence-electron chi connectivity index (χ2n) is 6.51. The zero-order valence-corrected chi connectivity index (χ0v) is 14.5. The van der Waals surface area contributed by atoms with E-state index in [2.05, 4.69) is 10.6 Å². The van der Waals surface area contributed by atoms with Crippen LogP contribution in [0.3, 0.4) is 0 Å². The molecule has 1 saturated heterocycles.